The number of rotatable bonds is 4. The quantitative estimate of drug-likeness (QED) is 0.770. The molecule has 1 aromatic carbocycles. The molecule has 0 spiro atoms. The van der Waals surface area contributed by atoms with Gasteiger partial charge in [-0.3, -0.25) is 9.36 Å². The second kappa shape index (κ2) is 5.20. The number of carbonyl (C=O) groups is 1. The van der Waals surface area contributed by atoms with Crippen LogP contribution in [0.4, 0.5) is 0 Å². The molecule has 1 aromatic heterocycles. The first-order chi connectivity index (χ1) is 9.09. The average Bonchev–Trinajstić information content (AvgIpc) is 2.79. The van der Waals surface area contributed by atoms with Crippen molar-refractivity contribution in [2.75, 3.05) is 0 Å². The summed E-state index contributed by atoms with van der Waals surface area (Å²) in [6, 6.07) is 8.14. The first-order valence-electron chi connectivity index (χ1n) is 7.21. The van der Waals surface area contributed by atoms with Gasteiger partial charge in [-0.2, -0.15) is 0 Å². The minimum absolute atomic E-state index is 0.228. The van der Waals surface area contributed by atoms with Gasteiger partial charge in [-0.05, 0) is 37.8 Å². The second-order valence-corrected chi connectivity index (χ2v) is 5.35. The van der Waals surface area contributed by atoms with Gasteiger partial charge < -0.3 is 0 Å². The van der Waals surface area contributed by atoms with Crippen LogP contribution in [0, 0.1) is 12.3 Å². The highest BCUT2D eigenvalue weighted by Crippen LogP contribution is 2.34. The summed E-state index contributed by atoms with van der Waals surface area (Å²) < 4.78 is 1.86. The van der Waals surface area contributed by atoms with Crippen LogP contribution in [0.25, 0.3) is 10.9 Å². The molecule has 102 valence electrons. The van der Waals surface area contributed by atoms with E-state index in [1.807, 2.05) is 29.0 Å². The Hall–Kier alpha value is -1.57. The third-order valence-corrected chi connectivity index (χ3v) is 4.61. The molecule has 19 heavy (non-hydrogen) atoms. The Balaban J connectivity index is 2.59. The summed E-state index contributed by atoms with van der Waals surface area (Å²) in [6.07, 6.45) is 4.67. The first kappa shape index (κ1) is 13.9. The molecule has 0 aliphatic rings. The maximum atomic E-state index is 13.0. The van der Waals surface area contributed by atoms with Crippen LogP contribution >= 0.6 is 0 Å². The summed E-state index contributed by atoms with van der Waals surface area (Å²) >= 11 is 0. The number of nitrogens with zero attached hydrogens (tertiary/aromatic N) is 1. The van der Waals surface area contributed by atoms with Crippen molar-refractivity contribution in [1.82, 2.24) is 4.57 Å². The largest absolute Gasteiger partial charge is 0.286 e. The predicted molar refractivity (Wildman–Crippen MR) is 80.6 cm³/mol. The van der Waals surface area contributed by atoms with Gasteiger partial charge in [0, 0.05) is 17.0 Å². The van der Waals surface area contributed by atoms with Crippen molar-refractivity contribution in [3.8, 4) is 0 Å². The molecule has 0 saturated heterocycles. The predicted octanol–water partition coefficient (Wildman–Crippen LogP) is 4.81. The van der Waals surface area contributed by atoms with Gasteiger partial charge in [-0.25, -0.2) is 0 Å². The molecule has 2 rings (SSSR count). The highest BCUT2D eigenvalue weighted by atomic mass is 16.2. The molecular formula is C17H23NO. The fourth-order valence-corrected chi connectivity index (χ4v) is 2.98. The number of fused-ring (bicyclic) bond motifs is 1. The fourth-order valence-electron chi connectivity index (χ4n) is 2.98. The van der Waals surface area contributed by atoms with E-state index < -0.39 is 0 Å². The lowest BCUT2D eigenvalue weighted by atomic mass is 9.79. The summed E-state index contributed by atoms with van der Waals surface area (Å²) in [4.78, 5) is 13.0. The Morgan fingerprint density at radius 3 is 2.26 bits per heavy atom. The lowest BCUT2D eigenvalue weighted by Crippen LogP contribution is -2.33. The highest BCUT2D eigenvalue weighted by molar-refractivity contribution is 5.96. The van der Waals surface area contributed by atoms with Crippen molar-refractivity contribution in [3.05, 3.63) is 36.0 Å². The number of para-hydroxylation sites is 1. The van der Waals surface area contributed by atoms with E-state index in [0.29, 0.717) is 0 Å². The Bertz CT molecular complexity index is 582. The van der Waals surface area contributed by atoms with Crippen molar-refractivity contribution in [2.24, 2.45) is 5.41 Å². The van der Waals surface area contributed by atoms with E-state index in [-0.39, 0.29) is 11.3 Å². The zero-order valence-electron chi connectivity index (χ0n) is 12.4. The van der Waals surface area contributed by atoms with Crippen LogP contribution in [-0.4, -0.2) is 10.5 Å². The van der Waals surface area contributed by atoms with Gasteiger partial charge in [-0.15, -0.1) is 0 Å². The van der Waals surface area contributed by atoms with Crippen LogP contribution in [0.15, 0.2) is 30.5 Å². The van der Waals surface area contributed by atoms with Crippen molar-refractivity contribution in [1.29, 1.82) is 0 Å². The van der Waals surface area contributed by atoms with Crippen molar-refractivity contribution < 1.29 is 4.79 Å². The lowest BCUT2D eigenvalue weighted by molar-refractivity contribution is 0.0675. The first-order valence-corrected chi connectivity index (χ1v) is 7.21. The summed E-state index contributed by atoms with van der Waals surface area (Å²) in [5.41, 5.74) is 1.97. The monoisotopic (exact) mass is 257 g/mol. The molecule has 0 aliphatic heterocycles. The highest BCUT2D eigenvalue weighted by Gasteiger charge is 2.34. The number of aryl methyl sites for hydroxylation is 1. The summed E-state index contributed by atoms with van der Waals surface area (Å²) in [5, 5.41) is 1.17. The summed E-state index contributed by atoms with van der Waals surface area (Å²) in [6.45, 7) is 8.41. The van der Waals surface area contributed by atoms with Gasteiger partial charge in [0.25, 0.3) is 0 Å². The molecule has 0 atom stereocenters. The maximum Gasteiger partial charge on any atom is 0.237 e. The summed E-state index contributed by atoms with van der Waals surface area (Å²) in [5.74, 6) is 0.240. The minimum Gasteiger partial charge on any atom is -0.286 e. The Labute approximate surface area is 115 Å². The van der Waals surface area contributed by atoms with Crippen LogP contribution in [-0.2, 0) is 0 Å². The Morgan fingerprint density at radius 2 is 1.68 bits per heavy atom. The van der Waals surface area contributed by atoms with Crippen LogP contribution in [0.3, 0.4) is 0 Å². The molecule has 0 saturated carbocycles. The number of hydrogen-bond donors (Lipinski definition) is 0. The Morgan fingerprint density at radius 1 is 1.11 bits per heavy atom. The molecule has 0 radical (unpaired) electrons. The molecule has 0 fully saturated rings. The third-order valence-electron chi connectivity index (χ3n) is 4.61. The van der Waals surface area contributed by atoms with Gasteiger partial charge in [0.1, 0.15) is 0 Å². The van der Waals surface area contributed by atoms with Gasteiger partial charge in [0.15, 0.2) is 0 Å². The summed E-state index contributed by atoms with van der Waals surface area (Å²) in [7, 11) is 0. The normalized spacial score (nSPS) is 12.0. The van der Waals surface area contributed by atoms with Crippen molar-refractivity contribution in [2.45, 2.75) is 47.0 Å². The van der Waals surface area contributed by atoms with E-state index in [9.17, 15) is 4.79 Å². The number of carbonyl (C=O) groups excluding carboxylic acids is 1. The molecule has 0 amide bonds. The Kier molecular flexibility index (Phi) is 3.79. The number of benzene rings is 1. The van der Waals surface area contributed by atoms with E-state index in [4.69, 9.17) is 0 Å². The molecule has 2 heteroatoms. The molecular weight excluding hydrogens is 234 g/mol. The molecule has 2 nitrogen and oxygen atoms in total. The van der Waals surface area contributed by atoms with Crippen LogP contribution in [0.1, 0.15) is 50.4 Å². The van der Waals surface area contributed by atoms with Gasteiger partial charge in [0.05, 0.1) is 5.52 Å². The minimum atomic E-state index is -0.228. The molecule has 0 N–H and O–H groups in total. The fraction of sp³-hybridized carbons (Fsp3) is 0.471. The zero-order valence-corrected chi connectivity index (χ0v) is 12.4. The molecule has 0 bridgehead atoms. The standard InChI is InChI=1S/C17H23NO/c1-5-17(6-2,7-3)16(19)18-12-13(4)14-10-8-9-11-15(14)18/h8-12H,5-7H2,1-4H3. The van der Waals surface area contributed by atoms with Crippen LogP contribution in [0.2, 0.25) is 0 Å². The maximum absolute atomic E-state index is 13.0. The molecule has 0 aliphatic carbocycles. The van der Waals surface area contributed by atoms with E-state index >= 15 is 0 Å². The van der Waals surface area contributed by atoms with Crippen LogP contribution in [0.5, 0.6) is 0 Å². The third kappa shape index (κ3) is 2.09. The van der Waals surface area contributed by atoms with Crippen molar-refractivity contribution in [3.63, 3.8) is 0 Å². The van der Waals surface area contributed by atoms with E-state index in [0.717, 1.165) is 24.8 Å². The van der Waals surface area contributed by atoms with Gasteiger partial charge >= 0.3 is 0 Å². The van der Waals surface area contributed by atoms with E-state index in [1.165, 1.54) is 10.9 Å². The number of aromatic nitrogens is 1. The average molecular weight is 257 g/mol. The van der Waals surface area contributed by atoms with Crippen LogP contribution < -0.4 is 0 Å². The zero-order chi connectivity index (χ0) is 14.0. The molecule has 0 unspecified atom stereocenters. The number of hydrogen-bond acceptors (Lipinski definition) is 1. The van der Waals surface area contributed by atoms with Crippen molar-refractivity contribution >= 4 is 16.8 Å². The molecule has 2 aromatic rings. The van der Waals surface area contributed by atoms with E-state index in [2.05, 4.69) is 33.8 Å². The van der Waals surface area contributed by atoms with Gasteiger partial charge in [0.2, 0.25) is 5.91 Å². The molecule has 1 heterocycles. The SMILES string of the molecule is CCC(CC)(CC)C(=O)n1cc(C)c2ccccc21. The lowest BCUT2D eigenvalue weighted by Gasteiger charge is -2.29. The second-order valence-electron chi connectivity index (χ2n) is 5.35. The van der Waals surface area contributed by atoms with Gasteiger partial charge in [-0.1, -0.05) is 39.0 Å². The topological polar surface area (TPSA) is 22.0 Å². The van der Waals surface area contributed by atoms with E-state index in [1.54, 1.807) is 0 Å². The smallest absolute Gasteiger partial charge is 0.237 e.